The predicted octanol–water partition coefficient (Wildman–Crippen LogP) is 4.54. The van der Waals surface area contributed by atoms with Crippen LogP contribution < -0.4 is 0 Å². The summed E-state index contributed by atoms with van der Waals surface area (Å²) >= 11 is 12.1. The number of halogens is 2. The van der Waals surface area contributed by atoms with Crippen molar-refractivity contribution >= 4 is 34.1 Å². The third-order valence-electron chi connectivity index (χ3n) is 2.62. The van der Waals surface area contributed by atoms with Crippen LogP contribution in [0.2, 0.25) is 10.0 Å². The molecule has 0 saturated carbocycles. The van der Waals surface area contributed by atoms with E-state index < -0.39 is 0 Å². The Morgan fingerprint density at radius 2 is 2.00 bits per heavy atom. The molecule has 0 aliphatic rings. The van der Waals surface area contributed by atoms with Crippen LogP contribution in [0, 0.1) is 0 Å². The Hall–Kier alpha value is -1.51. The van der Waals surface area contributed by atoms with E-state index in [0.717, 1.165) is 22.2 Å². The molecule has 0 bridgehead atoms. The lowest BCUT2D eigenvalue weighted by molar-refractivity contribution is 1.31. The SMILES string of the molecule is Clc1cc(Cl)c2cc(-c3cccnc3)[nH]c2c1. The maximum atomic E-state index is 6.14. The number of benzene rings is 1. The highest BCUT2D eigenvalue weighted by Gasteiger charge is 2.07. The minimum absolute atomic E-state index is 0.627. The van der Waals surface area contributed by atoms with Gasteiger partial charge >= 0.3 is 0 Å². The lowest BCUT2D eigenvalue weighted by Gasteiger charge is -1.94. The van der Waals surface area contributed by atoms with Crippen LogP contribution in [-0.2, 0) is 0 Å². The fourth-order valence-corrected chi connectivity index (χ4v) is 2.39. The van der Waals surface area contributed by atoms with Gasteiger partial charge in [-0.1, -0.05) is 23.2 Å². The van der Waals surface area contributed by atoms with Crippen molar-refractivity contribution in [2.45, 2.75) is 0 Å². The Morgan fingerprint density at radius 1 is 1.12 bits per heavy atom. The van der Waals surface area contributed by atoms with Crippen molar-refractivity contribution in [3.05, 3.63) is 52.8 Å². The van der Waals surface area contributed by atoms with Crippen LogP contribution in [-0.4, -0.2) is 9.97 Å². The summed E-state index contributed by atoms with van der Waals surface area (Å²) in [6, 6.07) is 9.50. The fourth-order valence-electron chi connectivity index (χ4n) is 1.84. The molecule has 0 amide bonds. The molecule has 1 aromatic carbocycles. The van der Waals surface area contributed by atoms with Crippen LogP contribution >= 0.6 is 23.2 Å². The molecule has 17 heavy (non-hydrogen) atoms. The first-order valence-electron chi connectivity index (χ1n) is 5.12. The van der Waals surface area contributed by atoms with Crippen molar-refractivity contribution in [3.63, 3.8) is 0 Å². The molecule has 0 radical (unpaired) electrons. The van der Waals surface area contributed by atoms with Crippen molar-refractivity contribution in [3.8, 4) is 11.3 Å². The average Bonchev–Trinajstić information content (AvgIpc) is 2.74. The number of hydrogen-bond donors (Lipinski definition) is 1. The van der Waals surface area contributed by atoms with Crippen LogP contribution in [0.4, 0.5) is 0 Å². The standard InChI is InChI=1S/C13H8Cl2N2/c14-9-4-11(15)10-6-12(17-13(10)5-9)8-2-1-3-16-7-8/h1-7,17H. The molecule has 3 aromatic rings. The fraction of sp³-hybridized carbons (Fsp3) is 0. The van der Waals surface area contributed by atoms with Gasteiger partial charge < -0.3 is 4.98 Å². The highest BCUT2D eigenvalue weighted by Crippen LogP contribution is 2.31. The number of fused-ring (bicyclic) bond motifs is 1. The van der Waals surface area contributed by atoms with E-state index in [1.54, 1.807) is 18.5 Å². The summed E-state index contributed by atoms with van der Waals surface area (Å²) in [5.41, 5.74) is 2.94. The normalized spacial score (nSPS) is 10.9. The molecule has 0 aliphatic carbocycles. The second-order valence-electron chi connectivity index (χ2n) is 3.77. The van der Waals surface area contributed by atoms with Gasteiger partial charge in [-0.25, -0.2) is 0 Å². The molecule has 0 saturated heterocycles. The lowest BCUT2D eigenvalue weighted by atomic mass is 10.2. The molecule has 0 fully saturated rings. The van der Waals surface area contributed by atoms with E-state index in [9.17, 15) is 0 Å². The van der Waals surface area contributed by atoms with Gasteiger partial charge in [0, 0.05) is 39.6 Å². The topological polar surface area (TPSA) is 28.7 Å². The molecular formula is C13H8Cl2N2. The Labute approximate surface area is 108 Å². The number of aromatic amines is 1. The third kappa shape index (κ3) is 1.90. The van der Waals surface area contributed by atoms with E-state index in [0.29, 0.717) is 10.0 Å². The summed E-state index contributed by atoms with van der Waals surface area (Å²) in [4.78, 5) is 7.38. The quantitative estimate of drug-likeness (QED) is 0.686. The number of nitrogens with zero attached hydrogens (tertiary/aromatic N) is 1. The Bertz CT molecular complexity index is 674. The van der Waals surface area contributed by atoms with Gasteiger partial charge in [0.1, 0.15) is 0 Å². The van der Waals surface area contributed by atoms with E-state index in [2.05, 4.69) is 9.97 Å². The van der Waals surface area contributed by atoms with Gasteiger partial charge in [0.15, 0.2) is 0 Å². The van der Waals surface area contributed by atoms with Gasteiger partial charge in [0.25, 0.3) is 0 Å². The zero-order chi connectivity index (χ0) is 11.8. The van der Waals surface area contributed by atoms with Gasteiger partial charge in [-0.05, 0) is 30.3 Å². The van der Waals surface area contributed by atoms with Gasteiger partial charge in [-0.15, -0.1) is 0 Å². The van der Waals surface area contributed by atoms with E-state index >= 15 is 0 Å². The first-order valence-corrected chi connectivity index (χ1v) is 5.88. The monoisotopic (exact) mass is 262 g/mol. The van der Waals surface area contributed by atoms with Gasteiger partial charge in [0.2, 0.25) is 0 Å². The first-order chi connectivity index (χ1) is 8.24. The number of pyridine rings is 1. The molecule has 2 nitrogen and oxygen atoms in total. The van der Waals surface area contributed by atoms with Crippen LogP contribution in [0.3, 0.4) is 0 Å². The number of rotatable bonds is 1. The lowest BCUT2D eigenvalue weighted by Crippen LogP contribution is -1.77. The van der Waals surface area contributed by atoms with Crippen molar-refractivity contribution in [2.75, 3.05) is 0 Å². The van der Waals surface area contributed by atoms with Crippen LogP contribution in [0.15, 0.2) is 42.7 Å². The summed E-state index contributed by atoms with van der Waals surface area (Å²) in [6.07, 6.45) is 3.55. The van der Waals surface area contributed by atoms with Crippen LogP contribution in [0.1, 0.15) is 0 Å². The Kier molecular flexibility index (Phi) is 2.54. The number of H-pyrrole nitrogens is 1. The van der Waals surface area contributed by atoms with Crippen LogP contribution in [0.25, 0.3) is 22.2 Å². The minimum Gasteiger partial charge on any atom is -0.354 e. The third-order valence-corrected chi connectivity index (χ3v) is 3.16. The molecule has 0 atom stereocenters. The van der Waals surface area contributed by atoms with Crippen molar-refractivity contribution in [1.29, 1.82) is 0 Å². The summed E-state index contributed by atoms with van der Waals surface area (Å²) in [5.74, 6) is 0. The van der Waals surface area contributed by atoms with Crippen LogP contribution in [0.5, 0.6) is 0 Å². The minimum atomic E-state index is 0.627. The predicted molar refractivity (Wildman–Crippen MR) is 71.5 cm³/mol. The second kappa shape index (κ2) is 4.06. The first kappa shape index (κ1) is 10.6. The molecule has 84 valence electrons. The largest absolute Gasteiger partial charge is 0.354 e. The molecule has 0 aliphatic heterocycles. The summed E-state index contributed by atoms with van der Waals surface area (Å²) in [6.45, 7) is 0. The summed E-state index contributed by atoms with van der Waals surface area (Å²) < 4.78 is 0. The zero-order valence-corrected chi connectivity index (χ0v) is 10.3. The molecule has 2 aromatic heterocycles. The molecule has 1 N–H and O–H groups in total. The maximum absolute atomic E-state index is 6.14. The highest BCUT2D eigenvalue weighted by atomic mass is 35.5. The molecule has 2 heterocycles. The van der Waals surface area contributed by atoms with E-state index in [4.69, 9.17) is 23.2 Å². The Morgan fingerprint density at radius 3 is 2.76 bits per heavy atom. The van der Waals surface area contributed by atoms with Gasteiger partial charge in [-0.2, -0.15) is 0 Å². The summed E-state index contributed by atoms with van der Waals surface area (Å²) in [5, 5.41) is 2.25. The molecule has 0 spiro atoms. The molecule has 4 heteroatoms. The van der Waals surface area contributed by atoms with Crippen molar-refractivity contribution in [1.82, 2.24) is 9.97 Å². The average molecular weight is 263 g/mol. The van der Waals surface area contributed by atoms with Crippen molar-refractivity contribution in [2.24, 2.45) is 0 Å². The maximum Gasteiger partial charge on any atom is 0.0514 e. The number of hydrogen-bond acceptors (Lipinski definition) is 1. The molecular weight excluding hydrogens is 255 g/mol. The second-order valence-corrected chi connectivity index (χ2v) is 4.62. The van der Waals surface area contributed by atoms with Crippen molar-refractivity contribution < 1.29 is 0 Å². The summed E-state index contributed by atoms with van der Waals surface area (Å²) in [7, 11) is 0. The molecule has 3 rings (SSSR count). The highest BCUT2D eigenvalue weighted by molar-refractivity contribution is 6.38. The van der Waals surface area contributed by atoms with E-state index in [1.807, 2.05) is 24.3 Å². The zero-order valence-electron chi connectivity index (χ0n) is 8.74. The number of nitrogens with one attached hydrogen (secondary N) is 1. The van der Waals surface area contributed by atoms with Gasteiger partial charge in [0.05, 0.1) is 5.02 Å². The van der Waals surface area contributed by atoms with E-state index in [-0.39, 0.29) is 0 Å². The smallest absolute Gasteiger partial charge is 0.0514 e. The number of aromatic nitrogens is 2. The van der Waals surface area contributed by atoms with Gasteiger partial charge in [-0.3, -0.25) is 4.98 Å². The Balaban J connectivity index is 2.24. The molecule has 0 unspecified atom stereocenters. The van der Waals surface area contributed by atoms with E-state index in [1.165, 1.54) is 0 Å².